The third-order valence-corrected chi connectivity index (χ3v) is 6.90. The Hall–Kier alpha value is -2.82. The molecule has 29 heavy (non-hydrogen) atoms. The van der Waals surface area contributed by atoms with Gasteiger partial charge in [-0.25, -0.2) is 14.4 Å². The SMILES string of the molecule is Fc1ccc(-c2csc3ncnc(Sc4nnc(NCc5ccco5)s4)c23)cc1. The number of thiophene rings is 1. The number of rotatable bonds is 6. The number of hydrogen-bond donors (Lipinski definition) is 1. The number of fused-ring (bicyclic) bond motifs is 1. The molecule has 6 nitrogen and oxygen atoms in total. The minimum Gasteiger partial charge on any atom is -0.467 e. The molecular weight excluding hydrogens is 429 g/mol. The molecule has 0 unspecified atom stereocenters. The fourth-order valence-electron chi connectivity index (χ4n) is 2.75. The van der Waals surface area contributed by atoms with E-state index in [0.717, 1.165) is 36.5 Å². The lowest BCUT2D eigenvalue weighted by molar-refractivity contribution is 0.518. The molecule has 0 saturated heterocycles. The second kappa shape index (κ2) is 7.90. The molecule has 1 N–H and O–H groups in total. The van der Waals surface area contributed by atoms with E-state index in [1.54, 1.807) is 24.7 Å². The summed E-state index contributed by atoms with van der Waals surface area (Å²) < 4.78 is 19.4. The van der Waals surface area contributed by atoms with Crippen molar-refractivity contribution in [3.05, 3.63) is 65.9 Å². The number of furan rings is 1. The van der Waals surface area contributed by atoms with Gasteiger partial charge >= 0.3 is 0 Å². The highest BCUT2D eigenvalue weighted by Gasteiger charge is 2.16. The Balaban J connectivity index is 1.42. The molecule has 0 atom stereocenters. The van der Waals surface area contributed by atoms with E-state index < -0.39 is 0 Å². The number of nitrogens with zero attached hydrogens (tertiary/aromatic N) is 4. The Bertz CT molecular complexity index is 1250. The zero-order valence-corrected chi connectivity index (χ0v) is 17.2. The van der Waals surface area contributed by atoms with Crippen LogP contribution in [-0.2, 0) is 6.54 Å². The molecule has 0 aliphatic carbocycles. The summed E-state index contributed by atoms with van der Waals surface area (Å²) in [5.74, 6) is 0.566. The molecule has 0 spiro atoms. The Morgan fingerprint density at radius 2 is 2.00 bits per heavy atom. The second-order valence-electron chi connectivity index (χ2n) is 5.92. The van der Waals surface area contributed by atoms with Gasteiger partial charge in [-0.05, 0) is 41.6 Å². The highest BCUT2D eigenvalue weighted by molar-refractivity contribution is 8.01. The Kier molecular flexibility index (Phi) is 4.96. The summed E-state index contributed by atoms with van der Waals surface area (Å²) in [6.07, 6.45) is 3.19. The van der Waals surface area contributed by atoms with E-state index in [0.29, 0.717) is 11.7 Å². The average Bonchev–Trinajstić information content (AvgIpc) is 3.48. The normalized spacial score (nSPS) is 11.2. The third-order valence-electron chi connectivity index (χ3n) is 4.08. The summed E-state index contributed by atoms with van der Waals surface area (Å²) in [6.45, 7) is 0.545. The summed E-state index contributed by atoms with van der Waals surface area (Å²) in [4.78, 5) is 9.71. The van der Waals surface area contributed by atoms with Crippen LogP contribution < -0.4 is 5.32 Å². The van der Waals surface area contributed by atoms with Gasteiger partial charge in [0.1, 0.15) is 27.8 Å². The summed E-state index contributed by atoms with van der Waals surface area (Å²) in [5, 5.41) is 16.1. The molecule has 144 valence electrons. The van der Waals surface area contributed by atoms with E-state index in [4.69, 9.17) is 4.42 Å². The monoisotopic (exact) mass is 441 g/mol. The first-order chi connectivity index (χ1) is 14.3. The van der Waals surface area contributed by atoms with Gasteiger partial charge in [0, 0.05) is 10.9 Å². The van der Waals surface area contributed by atoms with Gasteiger partial charge in [0.25, 0.3) is 0 Å². The van der Waals surface area contributed by atoms with E-state index in [9.17, 15) is 4.39 Å². The molecule has 1 aromatic carbocycles. The number of halogens is 1. The van der Waals surface area contributed by atoms with Crippen LogP contribution in [0.2, 0.25) is 0 Å². The molecule has 0 bridgehead atoms. The molecule has 0 radical (unpaired) electrons. The molecule has 5 aromatic rings. The fraction of sp³-hybridized carbons (Fsp3) is 0.0526. The lowest BCUT2D eigenvalue weighted by Crippen LogP contribution is -1.96. The maximum absolute atomic E-state index is 13.3. The topological polar surface area (TPSA) is 76.7 Å². The van der Waals surface area contributed by atoms with Crippen molar-refractivity contribution >= 4 is 49.8 Å². The Labute approximate surface area is 176 Å². The van der Waals surface area contributed by atoms with E-state index in [1.807, 2.05) is 17.5 Å². The predicted octanol–water partition coefficient (Wildman–Crippen LogP) is 5.71. The Morgan fingerprint density at radius 1 is 1.10 bits per heavy atom. The van der Waals surface area contributed by atoms with E-state index in [2.05, 4.69) is 25.5 Å². The van der Waals surface area contributed by atoms with Crippen molar-refractivity contribution in [2.75, 3.05) is 5.32 Å². The molecule has 5 rings (SSSR count). The van der Waals surface area contributed by atoms with Gasteiger partial charge in [-0.3, -0.25) is 0 Å². The van der Waals surface area contributed by atoms with Crippen LogP contribution in [0.25, 0.3) is 21.3 Å². The highest BCUT2D eigenvalue weighted by atomic mass is 32.2. The van der Waals surface area contributed by atoms with Crippen LogP contribution in [-0.4, -0.2) is 20.2 Å². The van der Waals surface area contributed by atoms with Crippen molar-refractivity contribution in [3.63, 3.8) is 0 Å². The Morgan fingerprint density at radius 3 is 2.83 bits per heavy atom. The summed E-state index contributed by atoms with van der Waals surface area (Å²) in [7, 11) is 0. The van der Waals surface area contributed by atoms with Gasteiger partial charge in [0.2, 0.25) is 5.13 Å². The van der Waals surface area contributed by atoms with Crippen LogP contribution in [0.15, 0.2) is 68.2 Å². The van der Waals surface area contributed by atoms with Crippen molar-refractivity contribution in [3.8, 4) is 11.1 Å². The minimum atomic E-state index is -0.262. The van der Waals surface area contributed by atoms with Crippen LogP contribution in [0.1, 0.15) is 5.76 Å². The van der Waals surface area contributed by atoms with Crippen molar-refractivity contribution in [1.82, 2.24) is 20.2 Å². The average molecular weight is 442 g/mol. The molecule has 0 aliphatic rings. The quantitative estimate of drug-likeness (QED) is 0.338. The molecule has 0 aliphatic heterocycles. The van der Waals surface area contributed by atoms with E-state index in [1.165, 1.54) is 46.6 Å². The van der Waals surface area contributed by atoms with Crippen molar-refractivity contribution in [2.45, 2.75) is 15.9 Å². The van der Waals surface area contributed by atoms with Crippen LogP contribution in [0.5, 0.6) is 0 Å². The fourth-order valence-corrected chi connectivity index (χ4v) is 5.50. The number of benzene rings is 1. The first-order valence-corrected chi connectivity index (χ1v) is 11.0. The highest BCUT2D eigenvalue weighted by Crippen LogP contribution is 2.41. The number of anilines is 1. The molecule has 0 fully saturated rings. The molecule has 0 amide bonds. The molecule has 0 saturated carbocycles. The van der Waals surface area contributed by atoms with Gasteiger partial charge in [0.15, 0.2) is 4.34 Å². The predicted molar refractivity (Wildman–Crippen MR) is 113 cm³/mol. The first-order valence-electron chi connectivity index (χ1n) is 8.52. The standard InChI is InChI=1S/C19H12FN5OS3/c20-12-5-3-11(4-6-12)14-9-27-16-15(14)17(23-10-22-16)28-19-25-24-18(29-19)21-8-13-2-1-7-26-13/h1-7,9-10H,8H2,(H,21,24). The number of aromatic nitrogens is 4. The first kappa shape index (κ1) is 18.2. The van der Waals surface area contributed by atoms with Gasteiger partial charge < -0.3 is 9.73 Å². The van der Waals surface area contributed by atoms with E-state index in [-0.39, 0.29) is 5.82 Å². The lowest BCUT2D eigenvalue weighted by Gasteiger charge is -2.03. The molecule has 4 aromatic heterocycles. The summed E-state index contributed by atoms with van der Waals surface area (Å²) in [5.41, 5.74) is 1.90. The number of nitrogens with one attached hydrogen (secondary N) is 1. The van der Waals surface area contributed by atoms with Crippen molar-refractivity contribution in [1.29, 1.82) is 0 Å². The maximum Gasteiger partial charge on any atom is 0.206 e. The second-order valence-corrected chi connectivity index (χ2v) is 8.99. The van der Waals surface area contributed by atoms with Crippen molar-refractivity contribution in [2.24, 2.45) is 0 Å². The number of hydrogen-bond acceptors (Lipinski definition) is 9. The lowest BCUT2D eigenvalue weighted by atomic mass is 10.1. The van der Waals surface area contributed by atoms with Gasteiger partial charge in [-0.2, -0.15) is 0 Å². The maximum atomic E-state index is 13.3. The van der Waals surface area contributed by atoms with Gasteiger partial charge in [0.05, 0.1) is 18.2 Å². The minimum absolute atomic E-state index is 0.262. The smallest absolute Gasteiger partial charge is 0.206 e. The largest absolute Gasteiger partial charge is 0.467 e. The van der Waals surface area contributed by atoms with Crippen LogP contribution >= 0.6 is 34.4 Å². The van der Waals surface area contributed by atoms with Crippen LogP contribution in [0.3, 0.4) is 0 Å². The van der Waals surface area contributed by atoms with Gasteiger partial charge in [-0.1, -0.05) is 23.5 Å². The zero-order valence-electron chi connectivity index (χ0n) is 14.7. The summed E-state index contributed by atoms with van der Waals surface area (Å²) >= 11 is 4.42. The van der Waals surface area contributed by atoms with Gasteiger partial charge in [-0.15, -0.1) is 21.5 Å². The zero-order chi connectivity index (χ0) is 19.6. The molecule has 10 heteroatoms. The van der Waals surface area contributed by atoms with Crippen LogP contribution in [0.4, 0.5) is 9.52 Å². The third kappa shape index (κ3) is 3.86. The summed E-state index contributed by atoms with van der Waals surface area (Å²) in [6, 6.07) is 10.2. The van der Waals surface area contributed by atoms with Crippen molar-refractivity contribution < 1.29 is 8.81 Å². The molecule has 4 heterocycles. The van der Waals surface area contributed by atoms with E-state index >= 15 is 0 Å². The van der Waals surface area contributed by atoms with Crippen LogP contribution in [0, 0.1) is 5.82 Å². The molecular formula is C19H12FN5OS3.